The van der Waals surface area contributed by atoms with Crippen LogP contribution >= 0.6 is 0 Å². The molecule has 1 aliphatic rings. The van der Waals surface area contributed by atoms with Gasteiger partial charge in [0, 0.05) is 24.8 Å². The van der Waals surface area contributed by atoms with Crippen molar-refractivity contribution in [1.29, 1.82) is 5.26 Å². The lowest BCUT2D eigenvalue weighted by Crippen LogP contribution is -2.39. The molecule has 0 spiro atoms. The van der Waals surface area contributed by atoms with Gasteiger partial charge in [-0.05, 0) is 19.4 Å². The molecular weight excluding hydrogens is 334 g/mol. The molecule has 2 aromatic heterocycles. The first-order valence-electron chi connectivity index (χ1n) is 8.35. The molecule has 0 amide bonds. The number of carbonyl (C=O) groups is 1. The summed E-state index contributed by atoms with van der Waals surface area (Å²) in [7, 11) is 0. The van der Waals surface area contributed by atoms with E-state index in [2.05, 4.69) is 30.9 Å². The molecule has 134 valence electrons. The zero-order valence-electron chi connectivity index (χ0n) is 14.1. The molecule has 0 bridgehead atoms. The molecule has 2 aromatic rings. The van der Waals surface area contributed by atoms with E-state index in [4.69, 9.17) is 5.26 Å². The number of hydrogen-bond donors (Lipinski definition) is 4. The van der Waals surface area contributed by atoms with Gasteiger partial charge in [-0.15, -0.1) is 0 Å². The maximum absolute atomic E-state index is 11.4. The van der Waals surface area contributed by atoms with Crippen LogP contribution in [0.25, 0.3) is 0 Å². The standard InChI is InChI=1S/C17H19N7O2/c18-6-12-8-22-16(10-20-12)24-15-5-14(13(9-23-15)17(25)26)21-7-11-3-1-2-4-19-11/h5,8-11,19H,1-4,7H2,(H,25,26)(H2,21,22,23,24). The highest BCUT2D eigenvalue weighted by Gasteiger charge is 2.16. The number of pyridine rings is 1. The van der Waals surface area contributed by atoms with E-state index in [9.17, 15) is 9.90 Å². The fraction of sp³-hybridized carbons (Fsp3) is 0.353. The maximum atomic E-state index is 11.4. The number of nitrogens with one attached hydrogen (secondary N) is 3. The molecule has 4 N–H and O–H groups in total. The lowest BCUT2D eigenvalue weighted by Gasteiger charge is -2.24. The van der Waals surface area contributed by atoms with Crippen molar-refractivity contribution in [2.24, 2.45) is 0 Å². The number of aromatic carboxylic acids is 1. The molecule has 1 fully saturated rings. The zero-order chi connectivity index (χ0) is 18.4. The number of carboxylic acid groups (broad SMARTS) is 1. The van der Waals surface area contributed by atoms with Gasteiger partial charge in [0.25, 0.3) is 0 Å². The maximum Gasteiger partial charge on any atom is 0.339 e. The van der Waals surface area contributed by atoms with Crippen molar-refractivity contribution in [2.75, 3.05) is 23.7 Å². The Bertz CT molecular complexity index is 811. The molecule has 26 heavy (non-hydrogen) atoms. The summed E-state index contributed by atoms with van der Waals surface area (Å²) in [5, 5.41) is 27.7. The Morgan fingerprint density at radius 1 is 1.27 bits per heavy atom. The molecular formula is C17H19N7O2. The SMILES string of the molecule is N#Cc1cnc(Nc2cc(NCC3CCCCN3)c(C(=O)O)cn2)cn1. The van der Waals surface area contributed by atoms with Crippen molar-refractivity contribution < 1.29 is 9.90 Å². The van der Waals surface area contributed by atoms with Crippen molar-refractivity contribution in [3.63, 3.8) is 0 Å². The highest BCUT2D eigenvalue weighted by atomic mass is 16.4. The monoisotopic (exact) mass is 353 g/mol. The number of nitriles is 1. The van der Waals surface area contributed by atoms with Crippen LogP contribution in [0.4, 0.5) is 17.3 Å². The van der Waals surface area contributed by atoms with Crippen LogP contribution in [0, 0.1) is 11.3 Å². The van der Waals surface area contributed by atoms with Crippen molar-refractivity contribution in [1.82, 2.24) is 20.3 Å². The number of carboxylic acids is 1. The van der Waals surface area contributed by atoms with E-state index in [1.54, 1.807) is 6.07 Å². The van der Waals surface area contributed by atoms with Crippen LogP contribution in [0.1, 0.15) is 35.3 Å². The van der Waals surface area contributed by atoms with Crippen LogP contribution in [0.3, 0.4) is 0 Å². The second-order valence-corrected chi connectivity index (χ2v) is 5.97. The van der Waals surface area contributed by atoms with Gasteiger partial charge in [0.05, 0.1) is 18.1 Å². The zero-order valence-corrected chi connectivity index (χ0v) is 14.1. The Hall–Kier alpha value is -3.25. The quantitative estimate of drug-likeness (QED) is 0.612. The first-order valence-corrected chi connectivity index (χ1v) is 8.35. The molecule has 3 heterocycles. The highest BCUT2D eigenvalue weighted by Crippen LogP contribution is 2.21. The van der Waals surface area contributed by atoms with Gasteiger partial charge < -0.3 is 21.1 Å². The molecule has 1 saturated heterocycles. The van der Waals surface area contributed by atoms with Gasteiger partial charge in [0.1, 0.15) is 23.3 Å². The summed E-state index contributed by atoms with van der Waals surface area (Å²) in [5.74, 6) is -0.186. The number of aromatic nitrogens is 3. The minimum absolute atomic E-state index is 0.109. The summed E-state index contributed by atoms with van der Waals surface area (Å²) in [6, 6.07) is 3.85. The average Bonchev–Trinajstić information content (AvgIpc) is 2.68. The molecule has 0 aliphatic carbocycles. The van der Waals surface area contributed by atoms with Crippen LogP contribution < -0.4 is 16.0 Å². The van der Waals surface area contributed by atoms with Crippen LogP contribution in [-0.2, 0) is 0 Å². The Labute approximate surface area is 150 Å². The van der Waals surface area contributed by atoms with E-state index in [0.29, 0.717) is 29.9 Å². The van der Waals surface area contributed by atoms with Gasteiger partial charge in [0.15, 0.2) is 5.69 Å². The second kappa shape index (κ2) is 8.22. The Morgan fingerprint density at radius 3 is 2.77 bits per heavy atom. The molecule has 1 atom stereocenters. The predicted octanol–water partition coefficient (Wildman–Crippen LogP) is 1.74. The number of piperidine rings is 1. The summed E-state index contributed by atoms with van der Waals surface area (Å²) >= 11 is 0. The number of nitrogens with zero attached hydrogens (tertiary/aromatic N) is 4. The third-order valence-electron chi connectivity index (χ3n) is 4.11. The van der Waals surface area contributed by atoms with Crippen molar-refractivity contribution >= 4 is 23.3 Å². The average molecular weight is 353 g/mol. The van der Waals surface area contributed by atoms with E-state index in [0.717, 1.165) is 13.0 Å². The smallest absolute Gasteiger partial charge is 0.339 e. The van der Waals surface area contributed by atoms with Gasteiger partial charge in [-0.25, -0.2) is 19.7 Å². The second-order valence-electron chi connectivity index (χ2n) is 5.97. The normalized spacial score (nSPS) is 16.5. The molecule has 1 aliphatic heterocycles. The fourth-order valence-electron chi connectivity index (χ4n) is 2.75. The molecule has 3 rings (SSSR count). The van der Waals surface area contributed by atoms with E-state index in [-0.39, 0.29) is 11.3 Å². The molecule has 0 radical (unpaired) electrons. The van der Waals surface area contributed by atoms with E-state index < -0.39 is 5.97 Å². The van der Waals surface area contributed by atoms with E-state index in [1.165, 1.54) is 31.4 Å². The fourth-order valence-corrected chi connectivity index (χ4v) is 2.75. The summed E-state index contributed by atoms with van der Waals surface area (Å²) in [5.41, 5.74) is 0.813. The van der Waals surface area contributed by atoms with Gasteiger partial charge >= 0.3 is 5.97 Å². The Morgan fingerprint density at radius 2 is 2.12 bits per heavy atom. The van der Waals surface area contributed by atoms with E-state index in [1.807, 2.05) is 6.07 Å². The number of rotatable bonds is 6. The van der Waals surface area contributed by atoms with Gasteiger partial charge in [-0.3, -0.25) is 0 Å². The summed E-state index contributed by atoms with van der Waals surface area (Å²) in [6.45, 7) is 1.62. The topological polar surface area (TPSA) is 136 Å². The van der Waals surface area contributed by atoms with Crippen molar-refractivity contribution in [2.45, 2.75) is 25.3 Å². The highest BCUT2D eigenvalue weighted by molar-refractivity contribution is 5.94. The predicted molar refractivity (Wildman–Crippen MR) is 95.4 cm³/mol. The first kappa shape index (κ1) is 17.6. The van der Waals surface area contributed by atoms with Crippen LogP contribution in [-0.4, -0.2) is 45.2 Å². The third-order valence-corrected chi connectivity index (χ3v) is 4.11. The van der Waals surface area contributed by atoms with Crippen molar-refractivity contribution in [3.05, 3.63) is 35.9 Å². The lowest BCUT2D eigenvalue weighted by molar-refractivity contribution is 0.0697. The number of anilines is 3. The molecule has 1 unspecified atom stereocenters. The van der Waals surface area contributed by atoms with Crippen LogP contribution in [0.15, 0.2) is 24.7 Å². The Kier molecular flexibility index (Phi) is 5.56. The summed E-state index contributed by atoms with van der Waals surface area (Å²) in [6.07, 6.45) is 7.48. The lowest BCUT2D eigenvalue weighted by atomic mass is 10.0. The summed E-state index contributed by atoms with van der Waals surface area (Å²) < 4.78 is 0. The minimum atomic E-state index is -1.04. The van der Waals surface area contributed by atoms with Crippen LogP contribution in [0.2, 0.25) is 0 Å². The molecule has 9 nitrogen and oxygen atoms in total. The van der Waals surface area contributed by atoms with Crippen molar-refractivity contribution in [3.8, 4) is 6.07 Å². The first-order chi connectivity index (χ1) is 12.7. The summed E-state index contributed by atoms with van der Waals surface area (Å²) in [4.78, 5) is 23.6. The van der Waals surface area contributed by atoms with Gasteiger partial charge in [-0.1, -0.05) is 6.42 Å². The number of hydrogen-bond acceptors (Lipinski definition) is 8. The van der Waals surface area contributed by atoms with Gasteiger partial charge in [-0.2, -0.15) is 5.26 Å². The minimum Gasteiger partial charge on any atom is -0.478 e. The van der Waals surface area contributed by atoms with Crippen LogP contribution in [0.5, 0.6) is 0 Å². The largest absolute Gasteiger partial charge is 0.478 e. The van der Waals surface area contributed by atoms with Gasteiger partial charge in [0.2, 0.25) is 0 Å². The molecule has 9 heteroatoms. The van der Waals surface area contributed by atoms with E-state index >= 15 is 0 Å². The molecule has 0 aromatic carbocycles. The third kappa shape index (κ3) is 4.43. The molecule has 0 saturated carbocycles. The Balaban J connectivity index is 1.74.